The van der Waals surface area contributed by atoms with E-state index in [0.717, 1.165) is 28.5 Å². The number of esters is 1. The predicted molar refractivity (Wildman–Crippen MR) is 131 cm³/mol. The van der Waals surface area contributed by atoms with Crippen molar-refractivity contribution >= 4 is 22.6 Å². The zero-order chi connectivity index (χ0) is 24.1. The van der Waals surface area contributed by atoms with Gasteiger partial charge in [-0.1, -0.05) is 24.2 Å². The minimum absolute atomic E-state index is 0.0844. The first-order chi connectivity index (χ1) is 16.5. The van der Waals surface area contributed by atoms with Gasteiger partial charge >= 0.3 is 5.97 Å². The number of carbonyl (C=O) groups excluding carboxylic acids is 1. The molecule has 0 saturated carbocycles. The van der Waals surface area contributed by atoms with E-state index in [1.807, 2.05) is 56.4 Å². The van der Waals surface area contributed by atoms with Gasteiger partial charge in [-0.3, -0.25) is 4.79 Å². The summed E-state index contributed by atoms with van der Waals surface area (Å²) in [7, 11) is 0. The van der Waals surface area contributed by atoms with Crippen molar-refractivity contribution in [2.45, 2.75) is 52.7 Å². The van der Waals surface area contributed by atoms with E-state index in [-0.39, 0.29) is 12.1 Å². The SMILES string of the molecule is CCOC(=O)CCCn1ccc2c(-c3noc(-c4ccc(O[C@@H](C)CC)c(N)c4)n3)cccc21. The van der Waals surface area contributed by atoms with E-state index in [9.17, 15) is 4.79 Å². The lowest BCUT2D eigenvalue weighted by molar-refractivity contribution is -0.143. The largest absolute Gasteiger partial charge is 0.489 e. The molecule has 0 spiro atoms. The molecule has 0 aliphatic carbocycles. The Bertz CT molecular complexity index is 1280. The van der Waals surface area contributed by atoms with E-state index in [4.69, 9.17) is 19.7 Å². The van der Waals surface area contributed by atoms with Gasteiger partial charge in [0.25, 0.3) is 5.89 Å². The summed E-state index contributed by atoms with van der Waals surface area (Å²) in [4.78, 5) is 16.2. The number of nitrogens with two attached hydrogens (primary N) is 1. The summed E-state index contributed by atoms with van der Waals surface area (Å²) in [6.07, 6.45) is 4.09. The third-order valence-electron chi connectivity index (χ3n) is 5.73. The molecule has 2 heterocycles. The lowest BCUT2D eigenvalue weighted by Gasteiger charge is -2.14. The topological polar surface area (TPSA) is 105 Å². The third-order valence-corrected chi connectivity index (χ3v) is 5.73. The van der Waals surface area contributed by atoms with Crippen LogP contribution in [0.15, 0.2) is 53.2 Å². The van der Waals surface area contributed by atoms with Crippen LogP contribution < -0.4 is 10.5 Å². The molecule has 0 unspecified atom stereocenters. The van der Waals surface area contributed by atoms with Crippen LogP contribution in [0.3, 0.4) is 0 Å². The molecule has 4 aromatic rings. The van der Waals surface area contributed by atoms with Gasteiger partial charge in [-0.05, 0) is 57.0 Å². The van der Waals surface area contributed by atoms with Crippen molar-refractivity contribution in [1.29, 1.82) is 0 Å². The minimum Gasteiger partial charge on any atom is -0.489 e. The lowest BCUT2D eigenvalue weighted by Crippen LogP contribution is -2.10. The summed E-state index contributed by atoms with van der Waals surface area (Å²) in [6, 6.07) is 13.5. The van der Waals surface area contributed by atoms with Crippen molar-refractivity contribution in [3.63, 3.8) is 0 Å². The molecule has 2 N–H and O–H groups in total. The molecule has 0 saturated heterocycles. The van der Waals surface area contributed by atoms with Gasteiger partial charge in [-0.25, -0.2) is 0 Å². The number of rotatable bonds is 10. The van der Waals surface area contributed by atoms with Crippen LogP contribution in [0.25, 0.3) is 33.7 Å². The fraction of sp³-hybridized carbons (Fsp3) is 0.346. The average molecular weight is 463 g/mol. The minimum atomic E-state index is -0.168. The number of fused-ring (bicyclic) bond motifs is 1. The Morgan fingerprint density at radius 2 is 2.06 bits per heavy atom. The number of ether oxygens (including phenoxy) is 2. The molecule has 0 radical (unpaired) electrons. The van der Waals surface area contributed by atoms with Gasteiger partial charge in [0.15, 0.2) is 0 Å². The second-order valence-electron chi connectivity index (χ2n) is 8.17. The van der Waals surface area contributed by atoms with Crippen molar-refractivity contribution in [2.24, 2.45) is 0 Å². The van der Waals surface area contributed by atoms with Crippen molar-refractivity contribution in [2.75, 3.05) is 12.3 Å². The van der Waals surface area contributed by atoms with E-state index in [1.165, 1.54) is 0 Å². The monoisotopic (exact) mass is 462 g/mol. The zero-order valence-corrected chi connectivity index (χ0v) is 19.8. The molecule has 8 nitrogen and oxygen atoms in total. The number of nitrogens with zero attached hydrogens (tertiary/aromatic N) is 3. The summed E-state index contributed by atoms with van der Waals surface area (Å²) >= 11 is 0. The standard InChI is InChI=1S/C26H30N4O4/c1-4-17(3)33-23-12-11-18(16-21(23)27)26-28-25(29-34-26)20-8-6-9-22-19(20)13-15-30(22)14-7-10-24(31)32-5-2/h6,8-9,11-13,15-17H,4-5,7,10,14,27H2,1-3H3/t17-/m0/s1. The van der Waals surface area contributed by atoms with E-state index in [1.54, 1.807) is 6.07 Å². The van der Waals surface area contributed by atoms with Gasteiger partial charge < -0.3 is 24.3 Å². The van der Waals surface area contributed by atoms with Gasteiger partial charge in [-0.2, -0.15) is 4.98 Å². The highest BCUT2D eigenvalue weighted by molar-refractivity contribution is 5.94. The molecule has 0 amide bonds. The fourth-order valence-corrected chi connectivity index (χ4v) is 3.78. The number of hydrogen-bond donors (Lipinski definition) is 1. The molecule has 34 heavy (non-hydrogen) atoms. The quantitative estimate of drug-likeness (QED) is 0.246. The molecule has 0 aliphatic heterocycles. The number of anilines is 1. The molecule has 2 aromatic heterocycles. The first-order valence-corrected chi connectivity index (χ1v) is 11.6. The molecule has 1 atom stereocenters. The normalized spacial score (nSPS) is 12.1. The summed E-state index contributed by atoms with van der Waals surface area (Å²) in [5, 5.41) is 5.23. The zero-order valence-electron chi connectivity index (χ0n) is 19.8. The Hall–Kier alpha value is -3.81. The van der Waals surface area contributed by atoms with Gasteiger partial charge in [0, 0.05) is 41.2 Å². The van der Waals surface area contributed by atoms with Crippen LogP contribution in [-0.2, 0) is 16.1 Å². The van der Waals surface area contributed by atoms with Gasteiger partial charge in [0.1, 0.15) is 5.75 Å². The number of benzene rings is 2. The van der Waals surface area contributed by atoms with E-state index in [2.05, 4.69) is 21.6 Å². The highest BCUT2D eigenvalue weighted by Crippen LogP contribution is 2.32. The molecular formula is C26H30N4O4. The third kappa shape index (κ3) is 5.06. The molecule has 0 fully saturated rings. The van der Waals surface area contributed by atoms with Crippen molar-refractivity contribution in [3.05, 3.63) is 48.7 Å². The van der Waals surface area contributed by atoms with Gasteiger partial charge in [0.2, 0.25) is 5.82 Å². The number of hydrogen-bond acceptors (Lipinski definition) is 7. The van der Waals surface area contributed by atoms with E-state index in [0.29, 0.717) is 49.1 Å². The summed E-state index contributed by atoms with van der Waals surface area (Å²) in [5.74, 6) is 1.37. The highest BCUT2D eigenvalue weighted by Gasteiger charge is 2.16. The maximum absolute atomic E-state index is 11.6. The molecule has 2 aromatic carbocycles. The summed E-state index contributed by atoms with van der Waals surface area (Å²) in [5.41, 5.74) is 9.37. The maximum Gasteiger partial charge on any atom is 0.305 e. The number of carbonyl (C=O) groups is 1. The van der Waals surface area contributed by atoms with Crippen LogP contribution >= 0.6 is 0 Å². The molecule has 178 valence electrons. The molecule has 8 heteroatoms. The molecule has 4 rings (SSSR count). The number of aryl methyl sites for hydroxylation is 1. The molecular weight excluding hydrogens is 432 g/mol. The Morgan fingerprint density at radius 1 is 1.21 bits per heavy atom. The summed E-state index contributed by atoms with van der Waals surface area (Å²) < 4.78 is 18.5. The van der Waals surface area contributed by atoms with E-state index < -0.39 is 0 Å². The van der Waals surface area contributed by atoms with Gasteiger partial charge in [-0.15, -0.1) is 0 Å². The number of nitrogen functional groups attached to an aromatic ring is 1. The van der Waals surface area contributed by atoms with Crippen LogP contribution in [0.4, 0.5) is 5.69 Å². The van der Waals surface area contributed by atoms with Crippen LogP contribution in [0.1, 0.15) is 40.0 Å². The van der Waals surface area contributed by atoms with Crippen LogP contribution in [-0.4, -0.2) is 33.4 Å². The molecule has 0 bridgehead atoms. The first kappa shape index (κ1) is 23.4. The van der Waals surface area contributed by atoms with Crippen molar-refractivity contribution in [1.82, 2.24) is 14.7 Å². The Kier molecular flexibility index (Phi) is 7.15. The van der Waals surface area contributed by atoms with Crippen molar-refractivity contribution < 1.29 is 18.8 Å². The van der Waals surface area contributed by atoms with Crippen molar-refractivity contribution in [3.8, 4) is 28.6 Å². The average Bonchev–Trinajstić information content (AvgIpc) is 3.48. The maximum atomic E-state index is 11.6. The highest BCUT2D eigenvalue weighted by atomic mass is 16.5. The Balaban J connectivity index is 1.54. The fourth-order valence-electron chi connectivity index (χ4n) is 3.78. The van der Waals surface area contributed by atoms with Crippen LogP contribution in [0.5, 0.6) is 5.75 Å². The second-order valence-corrected chi connectivity index (χ2v) is 8.17. The predicted octanol–water partition coefficient (Wildman–Crippen LogP) is 5.46. The second kappa shape index (κ2) is 10.4. The smallest absolute Gasteiger partial charge is 0.305 e. The van der Waals surface area contributed by atoms with E-state index >= 15 is 0 Å². The Labute approximate surface area is 198 Å². The molecule has 0 aliphatic rings. The first-order valence-electron chi connectivity index (χ1n) is 11.6. The number of aromatic nitrogens is 3. The Morgan fingerprint density at radius 3 is 2.82 bits per heavy atom. The van der Waals surface area contributed by atoms with Crippen LogP contribution in [0, 0.1) is 0 Å². The lowest BCUT2D eigenvalue weighted by atomic mass is 10.1. The van der Waals surface area contributed by atoms with Crippen LogP contribution in [0.2, 0.25) is 0 Å². The summed E-state index contributed by atoms with van der Waals surface area (Å²) in [6.45, 7) is 7.01. The van der Waals surface area contributed by atoms with Gasteiger partial charge in [0.05, 0.1) is 18.4 Å².